The van der Waals surface area contributed by atoms with Crippen LogP contribution in [0.4, 0.5) is 0 Å². The zero-order valence-electron chi connectivity index (χ0n) is 11.8. The van der Waals surface area contributed by atoms with E-state index in [9.17, 15) is 4.79 Å². The van der Waals surface area contributed by atoms with E-state index in [0.717, 1.165) is 11.1 Å². The molecule has 0 aliphatic heterocycles. The zero-order chi connectivity index (χ0) is 14.4. The number of carbonyl (C=O) groups excluding carboxylic acids is 1. The van der Waals surface area contributed by atoms with E-state index in [1.54, 1.807) is 0 Å². The zero-order valence-corrected chi connectivity index (χ0v) is 11.8. The van der Waals surface area contributed by atoms with Crippen molar-refractivity contribution in [3.05, 3.63) is 71.8 Å². The van der Waals surface area contributed by atoms with Crippen molar-refractivity contribution in [1.29, 1.82) is 0 Å². The predicted octanol–water partition coefficient (Wildman–Crippen LogP) is 3.06. The van der Waals surface area contributed by atoms with Crippen LogP contribution in [0, 0.1) is 0 Å². The van der Waals surface area contributed by atoms with Gasteiger partial charge in [0.1, 0.15) is 0 Å². The molecule has 0 aromatic heterocycles. The second-order valence-corrected chi connectivity index (χ2v) is 4.97. The van der Waals surface area contributed by atoms with Crippen molar-refractivity contribution < 1.29 is 9.63 Å². The Hall–Kier alpha value is -2.13. The van der Waals surface area contributed by atoms with Gasteiger partial charge in [0.15, 0.2) is 0 Å². The molecule has 3 nitrogen and oxygen atoms in total. The van der Waals surface area contributed by atoms with Crippen LogP contribution in [0.15, 0.2) is 60.7 Å². The first kappa shape index (κ1) is 14.3. The van der Waals surface area contributed by atoms with Gasteiger partial charge >= 0.3 is 0 Å². The van der Waals surface area contributed by atoms with Gasteiger partial charge in [0, 0.05) is 11.8 Å². The molecule has 0 fully saturated rings. The Morgan fingerprint density at radius 2 is 1.45 bits per heavy atom. The number of benzene rings is 2. The molecule has 0 spiro atoms. The van der Waals surface area contributed by atoms with Crippen LogP contribution < -0.4 is 5.48 Å². The van der Waals surface area contributed by atoms with Crippen molar-refractivity contribution in [2.24, 2.45) is 0 Å². The van der Waals surface area contributed by atoms with Crippen LogP contribution in [0.1, 0.15) is 24.5 Å². The van der Waals surface area contributed by atoms with E-state index in [1.165, 1.54) is 7.11 Å². The number of amides is 1. The number of hydroxylamine groups is 1. The molecule has 1 amide bonds. The van der Waals surface area contributed by atoms with Gasteiger partial charge in [0.25, 0.3) is 0 Å². The Morgan fingerprint density at radius 1 is 1.00 bits per heavy atom. The summed E-state index contributed by atoms with van der Waals surface area (Å²) in [7, 11) is 1.44. The molecule has 0 saturated carbocycles. The smallest absolute Gasteiger partial charge is 0.244 e. The highest BCUT2D eigenvalue weighted by molar-refractivity contribution is 5.77. The molecule has 0 bridgehead atoms. The summed E-state index contributed by atoms with van der Waals surface area (Å²) in [6.07, 6.45) is 0.328. The first-order valence-corrected chi connectivity index (χ1v) is 6.59. The molecule has 0 atom stereocenters. The molecule has 0 aliphatic carbocycles. The Labute approximate surface area is 119 Å². The molecule has 0 radical (unpaired) electrons. The minimum absolute atomic E-state index is 0.136. The molecule has 20 heavy (non-hydrogen) atoms. The Kier molecular flexibility index (Phi) is 4.53. The fourth-order valence-electron chi connectivity index (χ4n) is 2.45. The van der Waals surface area contributed by atoms with Crippen LogP contribution in [-0.4, -0.2) is 13.0 Å². The van der Waals surface area contributed by atoms with Gasteiger partial charge in [0.05, 0.1) is 7.11 Å². The van der Waals surface area contributed by atoms with E-state index < -0.39 is 0 Å². The fraction of sp³-hybridized carbons (Fsp3) is 0.235. The molecule has 2 aromatic carbocycles. The number of hydrogen-bond donors (Lipinski definition) is 1. The summed E-state index contributed by atoms with van der Waals surface area (Å²) in [5.41, 5.74) is 4.24. The van der Waals surface area contributed by atoms with Crippen molar-refractivity contribution >= 4 is 5.91 Å². The first-order chi connectivity index (χ1) is 9.66. The van der Waals surface area contributed by atoms with E-state index in [2.05, 4.69) is 12.4 Å². The second-order valence-electron chi connectivity index (χ2n) is 4.97. The molecule has 104 valence electrons. The predicted molar refractivity (Wildman–Crippen MR) is 79.1 cm³/mol. The average Bonchev–Trinajstić information content (AvgIpc) is 2.49. The van der Waals surface area contributed by atoms with Gasteiger partial charge in [-0.3, -0.25) is 9.63 Å². The SMILES string of the molecule is CONC(=O)CC(C)(c1ccccc1)c1ccccc1. The molecule has 0 aliphatic rings. The van der Waals surface area contributed by atoms with Crippen molar-refractivity contribution in [3.8, 4) is 0 Å². The summed E-state index contributed by atoms with van der Waals surface area (Å²) >= 11 is 0. The molecule has 1 N–H and O–H groups in total. The highest BCUT2D eigenvalue weighted by Gasteiger charge is 2.31. The Morgan fingerprint density at radius 3 is 1.85 bits per heavy atom. The second kappa shape index (κ2) is 6.35. The van der Waals surface area contributed by atoms with Crippen LogP contribution in [0.5, 0.6) is 0 Å². The Balaban J connectivity index is 2.41. The highest BCUT2D eigenvalue weighted by atomic mass is 16.6. The lowest BCUT2D eigenvalue weighted by Crippen LogP contribution is -2.33. The van der Waals surface area contributed by atoms with E-state index in [-0.39, 0.29) is 11.3 Å². The summed E-state index contributed by atoms with van der Waals surface area (Å²) in [4.78, 5) is 16.7. The van der Waals surface area contributed by atoms with Gasteiger partial charge in [0.2, 0.25) is 5.91 Å². The van der Waals surface area contributed by atoms with E-state index in [0.29, 0.717) is 6.42 Å². The molecule has 2 rings (SSSR count). The minimum Gasteiger partial charge on any atom is -0.277 e. The lowest BCUT2D eigenvalue weighted by molar-refractivity contribution is -0.132. The molecule has 2 aromatic rings. The van der Waals surface area contributed by atoms with Crippen LogP contribution in [-0.2, 0) is 15.0 Å². The summed E-state index contributed by atoms with van der Waals surface area (Å²) in [5.74, 6) is -0.136. The minimum atomic E-state index is -0.384. The van der Waals surface area contributed by atoms with Crippen molar-refractivity contribution in [2.75, 3.05) is 7.11 Å². The topological polar surface area (TPSA) is 38.3 Å². The van der Waals surface area contributed by atoms with Crippen molar-refractivity contribution in [1.82, 2.24) is 5.48 Å². The summed E-state index contributed by atoms with van der Waals surface area (Å²) in [5, 5.41) is 0. The summed E-state index contributed by atoms with van der Waals surface area (Å²) < 4.78 is 0. The van der Waals surface area contributed by atoms with E-state index in [4.69, 9.17) is 4.84 Å². The van der Waals surface area contributed by atoms with Gasteiger partial charge in [-0.15, -0.1) is 0 Å². The number of hydrogen-bond acceptors (Lipinski definition) is 2. The molecule has 0 heterocycles. The lowest BCUT2D eigenvalue weighted by Gasteiger charge is -2.30. The number of carbonyl (C=O) groups is 1. The normalized spacial score (nSPS) is 11.1. The standard InChI is InChI=1S/C17H19NO2/c1-17(13-16(19)18-20-2,14-9-5-3-6-10-14)15-11-7-4-8-12-15/h3-12H,13H2,1-2H3,(H,18,19). The largest absolute Gasteiger partial charge is 0.277 e. The fourth-order valence-corrected chi connectivity index (χ4v) is 2.45. The number of nitrogens with one attached hydrogen (secondary N) is 1. The first-order valence-electron chi connectivity index (χ1n) is 6.59. The molecule has 3 heteroatoms. The third-order valence-electron chi connectivity index (χ3n) is 3.55. The third-order valence-corrected chi connectivity index (χ3v) is 3.55. The molecule has 0 saturated heterocycles. The molecule has 0 unspecified atom stereocenters. The molecular formula is C17H19NO2. The van der Waals surface area contributed by atoms with Crippen molar-refractivity contribution in [3.63, 3.8) is 0 Å². The Bertz CT molecular complexity index is 512. The van der Waals surface area contributed by atoms with Crippen LogP contribution in [0.3, 0.4) is 0 Å². The van der Waals surface area contributed by atoms with Crippen LogP contribution >= 0.6 is 0 Å². The quantitative estimate of drug-likeness (QED) is 0.847. The van der Waals surface area contributed by atoms with Gasteiger partial charge in [-0.1, -0.05) is 67.6 Å². The maximum Gasteiger partial charge on any atom is 0.244 e. The lowest BCUT2D eigenvalue weighted by atomic mass is 9.73. The number of rotatable bonds is 5. The monoisotopic (exact) mass is 269 g/mol. The van der Waals surface area contributed by atoms with Gasteiger partial charge in [-0.05, 0) is 11.1 Å². The van der Waals surface area contributed by atoms with Gasteiger partial charge < -0.3 is 0 Å². The summed E-state index contributed by atoms with van der Waals surface area (Å²) in [6, 6.07) is 20.1. The van der Waals surface area contributed by atoms with Crippen LogP contribution in [0.2, 0.25) is 0 Å². The van der Waals surface area contributed by atoms with E-state index >= 15 is 0 Å². The summed E-state index contributed by atoms with van der Waals surface area (Å²) in [6.45, 7) is 2.08. The third kappa shape index (κ3) is 3.06. The van der Waals surface area contributed by atoms with Crippen molar-refractivity contribution in [2.45, 2.75) is 18.8 Å². The van der Waals surface area contributed by atoms with Gasteiger partial charge in [-0.2, -0.15) is 0 Å². The molecular weight excluding hydrogens is 250 g/mol. The van der Waals surface area contributed by atoms with Crippen LogP contribution in [0.25, 0.3) is 0 Å². The highest BCUT2D eigenvalue weighted by Crippen LogP contribution is 2.35. The maximum absolute atomic E-state index is 12.0. The maximum atomic E-state index is 12.0. The van der Waals surface area contributed by atoms with Gasteiger partial charge in [-0.25, -0.2) is 5.48 Å². The van der Waals surface area contributed by atoms with E-state index in [1.807, 2.05) is 60.7 Å². The average molecular weight is 269 g/mol.